The molecule has 1 aromatic carbocycles. The number of benzene rings is 1. The molecule has 1 N–H and O–H groups in total. The Hall–Kier alpha value is -2.72. The Labute approximate surface area is 195 Å². The Morgan fingerprint density at radius 2 is 1.48 bits per heavy atom. The van der Waals surface area contributed by atoms with Gasteiger partial charge in [-0.25, -0.2) is 18.4 Å². The summed E-state index contributed by atoms with van der Waals surface area (Å²) in [6.07, 6.45) is 3.62. The average molecular weight is 473 g/mol. The largest absolute Gasteiger partial charge is 0.356 e. The van der Waals surface area contributed by atoms with Gasteiger partial charge in [-0.3, -0.25) is 4.79 Å². The third-order valence-corrected chi connectivity index (χ3v) is 8.23. The van der Waals surface area contributed by atoms with Crippen molar-refractivity contribution < 1.29 is 13.2 Å². The lowest BCUT2D eigenvalue weighted by Gasteiger charge is -2.35. The molecule has 2 aliphatic heterocycles. The van der Waals surface area contributed by atoms with Crippen molar-refractivity contribution in [2.24, 2.45) is 0 Å². The van der Waals surface area contributed by atoms with Crippen LogP contribution >= 0.6 is 0 Å². The molecule has 0 atom stereocenters. The van der Waals surface area contributed by atoms with Crippen LogP contribution in [0.2, 0.25) is 0 Å². The third-order valence-electron chi connectivity index (χ3n) is 6.17. The van der Waals surface area contributed by atoms with Gasteiger partial charge in [0.25, 0.3) is 0 Å². The van der Waals surface area contributed by atoms with Crippen LogP contribution in [-0.2, 0) is 14.8 Å². The number of piperidine rings is 1. The van der Waals surface area contributed by atoms with Gasteiger partial charge < -0.3 is 15.1 Å². The Bertz CT molecular complexity index is 1120. The SMILES string of the molecule is CC(=O)Nc1ccc(S(=O)(=O)N2CCN(c3cc(N4CCCCC4)nc(C)n3)CC2)c(C)c1. The maximum atomic E-state index is 13.3. The minimum atomic E-state index is -3.62. The number of sulfonamides is 1. The summed E-state index contributed by atoms with van der Waals surface area (Å²) in [4.78, 5) is 25.3. The molecular formula is C23H32N6O3S. The van der Waals surface area contributed by atoms with Crippen LogP contribution in [0.4, 0.5) is 17.3 Å². The molecule has 0 bridgehead atoms. The van der Waals surface area contributed by atoms with Gasteiger partial charge in [-0.2, -0.15) is 4.31 Å². The summed E-state index contributed by atoms with van der Waals surface area (Å²) in [6, 6.07) is 6.92. The van der Waals surface area contributed by atoms with Crippen molar-refractivity contribution in [2.45, 2.75) is 44.9 Å². The molecule has 178 valence electrons. The Morgan fingerprint density at radius 3 is 2.06 bits per heavy atom. The van der Waals surface area contributed by atoms with Gasteiger partial charge in [0.2, 0.25) is 15.9 Å². The predicted molar refractivity (Wildman–Crippen MR) is 129 cm³/mol. The summed E-state index contributed by atoms with van der Waals surface area (Å²) in [6.45, 7) is 9.02. The van der Waals surface area contributed by atoms with Gasteiger partial charge in [-0.05, 0) is 56.9 Å². The zero-order valence-electron chi connectivity index (χ0n) is 19.5. The molecule has 2 aromatic rings. The number of rotatable bonds is 5. The molecule has 1 aromatic heterocycles. The lowest BCUT2D eigenvalue weighted by molar-refractivity contribution is -0.114. The van der Waals surface area contributed by atoms with Crippen molar-refractivity contribution in [3.05, 3.63) is 35.7 Å². The quantitative estimate of drug-likeness (QED) is 0.714. The van der Waals surface area contributed by atoms with Gasteiger partial charge in [0.15, 0.2) is 0 Å². The van der Waals surface area contributed by atoms with Crippen molar-refractivity contribution >= 4 is 33.3 Å². The van der Waals surface area contributed by atoms with E-state index in [4.69, 9.17) is 0 Å². The van der Waals surface area contributed by atoms with Crippen LogP contribution in [0.3, 0.4) is 0 Å². The van der Waals surface area contributed by atoms with E-state index >= 15 is 0 Å². The number of hydrogen-bond acceptors (Lipinski definition) is 7. The predicted octanol–water partition coefficient (Wildman–Crippen LogP) is 2.55. The zero-order chi connectivity index (χ0) is 23.6. The van der Waals surface area contributed by atoms with Crippen LogP contribution in [-0.4, -0.2) is 67.9 Å². The monoisotopic (exact) mass is 472 g/mol. The molecule has 0 saturated carbocycles. The fourth-order valence-corrected chi connectivity index (χ4v) is 6.13. The lowest BCUT2D eigenvalue weighted by Crippen LogP contribution is -2.49. The van der Waals surface area contributed by atoms with Crippen molar-refractivity contribution in [3.8, 4) is 0 Å². The number of carbonyl (C=O) groups is 1. The molecule has 1 amide bonds. The summed E-state index contributed by atoms with van der Waals surface area (Å²) >= 11 is 0. The maximum Gasteiger partial charge on any atom is 0.243 e. The van der Waals surface area contributed by atoms with E-state index in [2.05, 4.69) is 25.1 Å². The third kappa shape index (κ3) is 5.27. The van der Waals surface area contributed by atoms with Gasteiger partial charge >= 0.3 is 0 Å². The second kappa shape index (κ2) is 9.64. The average Bonchev–Trinajstić information content (AvgIpc) is 2.79. The van der Waals surface area contributed by atoms with E-state index < -0.39 is 10.0 Å². The highest BCUT2D eigenvalue weighted by atomic mass is 32.2. The highest BCUT2D eigenvalue weighted by molar-refractivity contribution is 7.89. The molecule has 2 saturated heterocycles. The minimum absolute atomic E-state index is 0.190. The van der Waals surface area contributed by atoms with Gasteiger partial charge in [-0.1, -0.05) is 0 Å². The highest BCUT2D eigenvalue weighted by Crippen LogP contribution is 2.27. The minimum Gasteiger partial charge on any atom is -0.356 e. The smallest absolute Gasteiger partial charge is 0.243 e. The molecular weight excluding hydrogens is 440 g/mol. The number of piperazine rings is 1. The van der Waals surface area contributed by atoms with E-state index in [-0.39, 0.29) is 10.8 Å². The number of aryl methyl sites for hydroxylation is 2. The fourth-order valence-electron chi connectivity index (χ4n) is 4.50. The Morgan fingerprint density at radius 1 is 0.879 bits per heavy atom. The highest BCUT2D eigenvalue weighted by Gasteiger charge is 2.30. The van der Waals surface area contributed by atoms with Crippen LogP contribution in [0.25, 0.3) is 0 Å². The van der Waals surface area contributed by atoms with Crippen LogP contribution in [0.5, 0.6) is 0 Å². The van der Waals surface area contributed by atoms with Crippen LogP contribution < -0.4 is 15.1 Å². The van der Waals surface area contributed by atoms with Crippen LogP contribution in [0, 0.1) is 13.8 Å². The van der Waals surface area contributed by atoms with Crippen LogP contribution in [0.1, 0.15) is 37.6 Å². The molecule has 0 radical (unpaired) electrons. The number of aromatic nitrogens is 2. The molecule has 2 fully saturated rings. The summed E-state index contributed by atoms with van der Waals surface area (Å²) in [5, 5.41) is 2.69. The van der Waals surface area contributed by atoms with Gasteiger partial charge in [0.1, 0.15) is 17.5 Å². The van der Waals surface area contributed by atoms with Gasteiger partial charge in [-0.15, -0.1) is 0 Å². The molecule has 0 aliphatic carbocycles. The Balaban J connectivity index is 1.46. The van der Waals surface area contributed by atoms with E-state index in [0.29, 0.717) is 37.4 Å². The second-order valence-corrected chi connectivity index (χ2v) is 10.6. The molecule has 33 heavy (non-hydrogen) atoms. The van der Waals surface area contributed by atoms with E-state index in [9.17, 15) is 13.2 Å². The molecule has 0 unspecified atom stereocenters. The number of amides is 1. The number of nitrogens with one attached hydrogen (secondary N) is 1. The van der Waals surface area contributed by atoms with Crippen LogP contribution in [0.15, 0.2) is 29.2 Å². The number of carbonyl (C=O) groups excluding carboxylic acids is 1. The summed E-state index contributed by atoms with van der Waals surface area (Å²) in [5.41, 5.74) is 1.20. The summed E-state index contributed by atoms with van der Waals surface area (Å²) < 4.78 is 28.1. The molecule has 4 rings (SSSR count). The van der Waals surface area contributed by atoms with Crippen molar-refractivity contribution in [1.82, 2.24) is 14.3 Å². The van der Waals surface area contributed by atoms with Crippen molar-refractivity contribution in [1.29, 1.82) is 0 Å². The second-order valence-electron chi connectivity index (χ2n) is 8.73. The molecule has 3 heterocycles. The van der Waals surface area contributed by atoms with Crippen molar-refractivity contribution in [2.75, 3.05) is 54.4 Å². The van der Waals surface area contributed by atoms with Gasteiger partial charge in [0.05, 0.1) is 4.90 Å². The first kappa shape index (κ1) is 23.4. The summed E-state index contributed by atoms with van der Waals surface area (Å²) in [5.74, 6) is 2.36. The zero-order valence-corrected chi connectivity index (χ0v) is 20.4. The van der Waals surface area contributed by atoms with E-state index in [1.54, 1.807) is 25.1 Å². The topological polar surface area (TPSA) is 98.7 Å². The van der Waals surface area contributed by atoms with E-state index in [1.807, 2.05) is 13.0 Å². The first-order chi connectivity index (χ1) is 15.7. The van der Waals surface area contributed by atoms with Crippen molar-refractivity contribution in [3.63, 3.8) is 0 Å². The van der Waals surface area contributed by atoms with E-state index in [1.165, 1.54) is 30.5 Å². The molecule has 9 nitrogen and oxygen atoms in total. The molecule has 10 heteroatoms. The number of nitrogens with zero attached hydrogens (tertiary/aromatic N) is 5. The fraction of sp³-hybridized carbons (Fsp3) is 0.522. The normalized spacial score (nSPS) is 17.8. The first-order valence-corrected chi connectivity index (χ1v) is 12.9. The number of hydrogen-bond donors (Lipinski definition) is 1. The molecule has 2 aliphatic rings. The van der Waals surface area contributed by atoms with E-state index in [0.717, 1.165) is 30.5 Å². The standard InChI is InChI=1S/C23H32N6O3S/c1-17-15-20(26-19(3)30)7-8-21(17)33(31,32)29-13-11-28(12-14-29)23-16-22(24-18(2)25-23)27-9-5-4-6-10-27/h7-8,15-16H,4-6,9-14H2,1-3H3,(H,26,30). The van der Waals surface area contributed by atoms with Gasteiger partial charge in [0, 0.05) is 57.9 Å². The maximum absolute atomic E-state index is 13.3. The lowest BCUT2D eigenvalue weighted by atomic mass is 10.1. The molecule has 0 spiro atoms. The first-order valence-electron chi connectivity index (χ1n) is 11.5. The Kier molecular flexibility index (Phi) is 6.85. The summed E-state index contributed by atoms with van der Waals surface area (Å²) in [7, 11) is -3.62. The number of anilines is 3.